The van der Waals surface area contributed by atoms with Crippen LogP contribution >= 0.6 is 0 Å². The molecule has 0 aromatic rings. The molecule has 2 bridgehead atoms. The van der Waals surface area contributed by atoms with E-state index < -0.39 is 17.9 Å². The molecule has 1 aliphatic carbocycles. The van der Waals surface area contributed by atoms with Crippen molar-refractivity contribution in [1.29, 1.82) is 0 Å². The molecule has 1 saturated carbocycles. The molecule has 2 aliphatic heterocycles. The highest BCUT2D eigenvalue weighted by atomic mass is 19.3. The Morgan fingerprint density at radius 3 is 2.31 bits per heavy atom. The van der Waals surface area contributed by atoms with Gasteiger partial charge in [0, 0.05) is 13.4 Å². The molecular formula is C9H20F2N2. The number of nitrogens with one attached hydrogen (secondary N) is 2. The number of hydrazine groups is 1. The zero-order valence-electron chi connectivity index (χ0n) is 8.40. The summed E-state index contributed by atoms with van der Waals surface area (Å²) in [4.78, 5) is 0. The smallest absolute Gasteiger partial charge is 0.254 e. The summed E-state index contributed by atoms with van der Waals surface area (Å²) in [5, 5.41) is 0. The Kier molecular flexibility index (Phi) is 3.24. The molecule has 80 valence electrons. The molecule has 3 aliphatic rings. The van der Waals surface area contributed by atoms with Crippen LogP contribution in [-0.4, -0.2) is 18.0 Å². The van der Waals surface area contributed by atoms with Crippen LogP contribution in [-0.2, 0) is 0 Å². The first-order valence-corrected chi connectivity index (χ1v) is 5.05. The van der Waals surface area contributed by atoms with E-state index in [1.54, 1.807) is 0 Å². The molecule has 2 saturated heterocycles. The summed E-state index contributed by atoms with van der Waals surface area (Å²) in [7, 11) is 0. The maximum absolute atomic E-state index is 13.0. The van der Waals surface area contributed by atoms with Crippen LogP contribution in [0.25, 0.3) is 0 Å². The van der Waals surface area contributed by atoms with Crippen LogP contribution in [0.15, 0.2) is 0 Å². The molecule has 3 rings (SSSR count). The van der Waals surface area contributed by atoms with E-state index in [0.717, 1.165) is 6.42 Å². The van der Waals surface area contributed by atoms with Gasteiger partial charge in [0.15, 0.2) is 0 Å². The molecule has 3 fully saturated rings. The molecule has 0 amide bonds. The molecule has 3 unspecified atom stereocenters. The third-order valence-corrected chi connectivity index (χ3v) is 2.82. The summed E-state index contributed by atoms with van der Waals surface area (Å²) in [6, 6.07) is -0.662. The third-order valence-electron chi connectivity index (χ3n) is 2.82. The fourth-order valence-electron chi connectivity index (χ4n) is 1.95. The molecule has 4 heteroatoms. The predicted octanol–water partition coefficient (Wildman–Crippen LogP) is 2.17. The van der Waals surface area contributed by atoms with E-state index in [-0.39, 0.29) is 7.47 Å². The van der Waals surface area contributed by atoms with Crippen molar-refractivity contribution < 1.29 is 10.2 Å². The predicted molar refractivity (Wildman–Crippen MR) is 50.7 cm³/mol. The second kappa shape index (κ2) is 3.88. The van der Waals surface area contributed by atoms with Crippen LogP contribution in [0.3, 0.4) is 0 Å². The highest BCUT2D eigenvalue weighted by molar-refractivity contribution is 5.08. The van der Waals surface area contributed by atoms with Crippen molar-refractivity contribution in [3.05, 3.63) is 0 Å². The fourth-order valence-corrected chi connectivity index (χ4v) is 1.95. The van der Waals surface area contributed by atoms with E-state index in [9.17, 15) is 8.78 Å². The first kappa shape index (κ1) is 10.9. The molecule has 2 N–H and O–H groups in total. The topological polar surface area (TPSA) is 24.1 Å². The van der Waals surface area contributed by atoms with Gasteiger partial charge in [0.2, 0.25) is 0 Å². The molecule has 2 nitrogen and oxygen atoms in total. The number of hydrogen-bond donors (Lipinski definition) is 2. The lowest BCUT2D eigenvalue weighted by atomic mass is 9.69. The zero-order chi connectivity index (χ0) is 10.1. The number of rotatable bonds is 1. The monoisotopic (exact) mass is 194 g/mol. The van der Waals surface area contributed by atoms with Gasteiger partial charge in [-0.25, -0.2) is 14.2 Å². The van der Waals surface area contributed by atoms with Gasteiger partial charge in [-0.15, -0.1) is 0 Å². The number of hydrogen-bond acceptors (Lipinski definition) is 2. The van der Waals surface area contributed by atoms with Gasteiger partial charge >= 0.3 is 0 Å². The summed E-state index contributed by atoms with van der Waals surface area (Å²) in [6.45, 7) is 5.92. The molecule has 0 aromatic heterocycles. The SMILES string of the molecule is CC.CCC1NNC2CC1C2(F)F.[HH]. The minimum Gasteiger partial charge on any atom is -0.254 e. The van der Waals surface area contributed by atoms with Crippen LogP contribution in [0.4, 0.5) is 8.78 Å². The van der Waals surface area contributed by atoms with Gasteiger partial charge in [-0.1, -0.05) is 20.8 Å². The maximum atomic E-state index is 13.0. The second-order valence-electron chi connectivity index (χ2n) is 3.37. The summed E-state index contributed by atoms with van der Waals surface area (Å²) < 4.78 is 26.0. The largest absolute Gasteiger partial charge is 0.268 e. The summed E-state index contributed by atoms with van der Waals surface area (Å²) in [6.07, 6.45) is 1.39. The van der Waals surface area contributed by atoms with Crippen molar-refractivity contribution in [2.24, 2.45) is 5.92 Å². The number of fused-ring (bicyclic) bond motifs is 2. The average molecular weight is 194 g/mol. The highest BCUT2D eigenvalue weighted by Gasteiger charge is 2.62. The molecule has 0 spiro atoms. The van der Waals surface area contributed by atoms with E-state index in [4.69, 9.17) is 0 Å². The Labute approximate surface area is 79.5 Å². The number of alkyl halides is 2. The van der Waals surface area contributed by atoms with E-state index in [1.165, 1.54) is 0 Å². The first-order chi connectivity index (χ1) is 6.16. The van der Waals surface area contributed by atoms with Crippen LogP contribution in [0.5, 0.6) is 0 Å². The molecule has 0 radical (unpaired) electrons. The molecule has 2 heterocycles. The molecular weight excluding hydrogens is 174 g/mol. The number of halogens is 2. The van der Waals surface area contributed by atoms with Gasteiger partial charge < -0.3 is 0 Å². The van der Waals surface area contributed by atoms with Gasteiger partial charge in [-0.3, -0.25) is 5.43 Å². The fraction of sp³-hybridized carbons (Fsp3) is 1.00. The lowest BCUT2D eigenvalue weighted by Gasteiger charge is -2.53. The second-order valence-corrected chi connectivity index (χ2v) is 3.37. The van der Waals surface area contributed by atoms with Crippen molar-refractivity contribution in [2.45, 2.75) is 51.6 Å². The van der Waals surface area contributed by atoms with Gasteiger partial charge in [0.1, 0.15) is 0 Å². The minimum absolute atomic E-state index is 0. The zero-order valence-corrected chi connectivity index (χ0v) is 8.40. The summed E-state index contributed by atoms with van der Waals surface area (Å²) >= 11 is 0. The Morgan fingerprint density at radius 1 is 1.38 bits per heavy atom. The van der Waals surface area contributed by atoms with Gasteiger partial charge in [-0.05, 0) is 12.8 Å². The lowest BCUT2D eigenvalue weighted by Crippen LogP contribution is -2.75. The van der Waals surface area contributed by atoms with E-state index in [2.05, 4.69) is 10.9 Å². The van der Waals surface area contributed by atoms with Crippen molar-refractivity contribution in [2.75, 3.05) is 0 Å². The summed E-state index contributed by atoms with van der Waals surface area (Å²) in [5.74, 6) is -2.90. The van der Waals surface area contributed by atoms with E-state index in [1.807, 2.05) is 20.8 Å². The van der Waals surface area contributed by atoms with Crippen LogP contribution in [0.2, 0.25) is 0 Å². The lowest BCUT2D eigenvalue weighted by molar-refractivity contribution is -0.203. The molecule has 0 aromatic carbocycles. The third kappa shape index (κ3) is 1.57. The van der Waals surface area contributed by atoms with Crippen LogP contribution in [0.1, 0.15) is 35.0 Å². The van der Waals surface area contributed by atoms with Gasteiger partial charge in [0.25, 0.3) is 5.92 Å². The average Bonchev–Trinajstić information content (AvgIpc) is 2.20. The first-order valence-electron chi connectivity index (χ1n) is 5.05. The van der Waals surface area contributed by atoms with Crippen molar-refractivity contribution in [3.8, 4) is 0 Å². The maximum Gasteiger partial charge on any atom is 0.268 e. The summed E-state index contributed by atoms with van der Waals surface area (Å²) in [5.41, 5.74) is 5.53. The normalized spacial score (nSPS) is 39.9. The quantitative estimate of drug-likeness (QED) is 0.668. The molecule has 3 atom stereocenters. The highest BCUT2D eigenvalue weighted by Crippen LogP contribution is 2.48. The van der Waals surface area contributed by atoms with Crippen molar-refractivity contribution >= 4 is 0 Å². The molecule has 13 heavy (non-hydrogen) atoms. The Hall–Kier alpha value is -0.220. The van der Waals surface area contributed by atoms with Crippen molar-refractivity contribution in [1.82, 2.24) is 10.9 Å². The minimum atomic E-state index is -2.47. The van der Waals surface area contributed by atoms with E-state index in [0.29, 0.717) is 6.42 Å². The van der Waals surface area contributed by atoms with Crippen LogP contribution in [0, 0.1) is 5.92 Å². The Balaban J connectivity index is 0.000000531. The van der Waals surface area contributed by atoms with Crippen molar-refractivity contribution in [3.63, 3.8) is 0 Å². The van der Waals surface area contributed by atoms with Crippen LogP contribution < -0.4 is 10.9 Å². The Morgan fingerprint density at radius 2 is 2.00 bits per heavy atom. The Bertz CT molecular complexity index is 176. The standard InChI is InChI=1S/C7H12F2N2.C2H6.H2/c1-2-5-4-3-6(11-10-5)7(4,8)9;1-2;/h4-6,10-11H,2-3H2,1H3;1-2H3;1H. The van der Waals surface area contributed by atoms with Gasteiger partial charge in [0.05, 0.1) is 6.04 Å². The van der Waals surface area contributed by atoms with E-state index >= 15 is 0 Å². The van der Waals surface area contributed by atoms with Gasteiger partial charge in [-0.2, -0.15) is 0 Å².